The van der Waals surface area contributed by atoms with E-state index in [1.54, 1.807) is 0 Å². The third-order valence-corrected chi connectivity index (χ3v) is 10.00. The molecular formula is C40H78NO9P. The van der Waals surface area contributed by atoms with Crippen molar-refractivity contribution in [3.05, 3.63) is 12.2 Å². The summed E-state index contributed by atoms with van der Waals surface area (Å²) in [6.45, 7) is 3.85. The number of carbonyl (C=O) groups excluding carboxylic acids is 1. The zero-order valence-electron chi connectivity index (χ0n) is 32.7. The Labute approximate surface area is 312 Å². The zero-order valence-corrected chi connectivity index (χ0v) is 33.6. The van der Waals surface area contributed by atoms with Crippen LogP contribution >= 0.6 is 7.82 Å². The summed E-state index contributed by atoms with van der Waals surface area (Å²) in [5.74, 6) is -1.78. The van der Waals surface area contributed by atoms with Crippen LogP contribution in [0.3, 0.4) is 0 Å². The highest BCUT2D eigenvalue weighted by molar-refractivity contribution is 7.47. The molecule has 0 aromatic heterocycles. The minimum absolute atomic E-state index is 0.0190. The van der Waals surface area contributed by atoms with Gasteiger partial charge in [0.05, 0.1) is 19.8 Å². The summed E-state index contributed by atoms with van der Waals surface area (Å²) >= 11 is 0. The Morgan fingerprint density at radius 3 is 1.55 bits per heavy atom. The number of rotatable bonds is 40. The summed E-state index contributed by atoms with van der Waals surface area (Å²) in [7, 11) is -4.61. The number of ether oxygens (including phenoxy) is 2. The quantitative estimate of drug-likeness (QED) is 0.0239. The number of carbonyl (C=O) groups is 2. The van der Waals surface area contributed by atoms with E-state index >= 15 is 0 Å². The summed E-state index contributed by atoms with van der Waals surface area (Å²) in [5, 5.41) is 8.87. The third kappa shape index (κ3) is 36.8. The Morgan fingerprint density at radius 1 is 0.608 bits per heavy atom. The smallest absolute Gasteiger partial charge is 0.472 e. The maximum absolute atomic E-state index is 12.6. The van der Waals surface area contributed by atoms with E-state index in [1.165, 1.54) is 109 Å². The first-order chi connectivity index (χ1) is 24.7. The van der Waals surface area contributed by atoms with Crippen molar-refractivity contribution in [1.29, 1.82) is 0 Å². The molecule has 0 rings (SSSR count). The lowest BCUT2D eigenvalue weighted by Gasteiger charge is -2.20. The van der Waals surface area contributed by atoms with Gasteiger partial charge in [0.15, 0.2) is 0 Å². The Hall–Kier alpha value is -1.29. The Kier molecular flexibility index (Phi) is 36.1. The van der Waals surface area contributed by atoms with Crippen molar-refractivity contribution in [2.24, 2.45) is 5.73 Å². The molecule has 0 amide bonds. The molecule has 0 aliphatic carbocycles. The molecule has 0 radical (unpaired) electrons. The molecule has 0 saturated carbocycles. The van der Waals surface area contributed by atoms with E-state index < -0.39 is 45.1 Å². The summed E-state index contributed by atoms with van der Waals surface area (Å²) in [6.07, 6.45) is 37.0. The highest BCUT2D eigenvalue weighted by Gasteiger charge is 2.27. The fourth-order valence-electron chi connectivity index (χ4n) is 5.76. The lowest BCUT2D eigenvalue weighted by atomic mass is 10.0. The molecule has 11 heteroatoms. The highest BCUT2D eigenvalue weighted by atomic mass is 31.2. The number of phosphoric acid groups is 1. The Morgan fingerprint density at radius 2 is 1.04 bits per heavy atom. The maximum atomic E-state index is 12.6. The van der Waals surface area contributed by atoms with Crippen LogP contribution in [0.4, 0.5) is 0 Å². The summed E-state index contributed by atoms with van der Waals surface area (Å²) in [4.78, 5) is 33.4. The van der Waals surface area contributed by atoms with E-state index in [-0.39, 0.29) is 13.0 Å². The van der Waals surface area contributed by atoms with Gasteiger partial charge in [0.25, 0.3) is 0 Å². The van der Waals surface area contributed by atoms with Gasteiger partial charge in [-0.25, -0.2) is 4.57 Å². The van der Waals surface area contributed by atoms with Crippen molar-refractivity contribution in [2.75, 3.05) is 26.4 Å². The van der Waals surface area contributed by atoms with Crippen molar-refractivity contribution in [3.63, 3.8) is 0 Å². The molecule has 302 valence electrons. The standard InChI is InChI=1S/C40H78NO9P/c1-3-5-7-9-11-13-15-16-17-18-19-20-21-23-25-27-29-31-33-47-34-37(35-48-51(45,46)49-36-38(41)40(43)44)50-39(42)32-30-28-26-24-22-14-12-10-8-6-4-2/h10,12,37-38H,3-9,11,13-36,41H2,1-2H3,(H,43,44)(H,45,46)/b12-10+. The zero-order chi connectivity index (χ0) is 37.7. The molecule has 4 N–H and O–H groups in total. The van der Waals surface area contributed by atoms with Crippen LogP contribution in [0.25, 0.3) is 0 Å². The van der Waals surface area contributed by atoms with Crippen molar-refractivity contribution >= 4 is 19.8 Å². The SMILES string of the molecule is CCCC/C=C/CCCCCCCC(=O)OC(COCCCCCCCCCCCCCCCCCCCC)COP(=O)(O)OCC(N)C(=O)O. The van der Waals surface area contributed by atoms with E-state index in [4.69, 9.17) is 29.4 Å². The second-order valence-corrected chi connectivity index (χ2v) is 15.6. The van der Waals surface area contributed by atoms with E-state index in [2.05, 4.69) is 26.0 Å². The lowest BCUT2D eigenvalue weighted by molar-refractivity contribution is -0.154. The molecule has 0 aliphatic heterocycles. The number of nitrogens with two attached hydrogens (primary N) is 1. The monoisotopic (exact) mass is 748 g/mol. The molecule has 0 bridgehead atoms. The number of esters is 1. The van der Waals surface area contributed by atoms with Crippen LogP contribution in [0.15, 0.2) is 12.2 Å². The molecule has 0 fully saturated rings. The van der Waals surface area contributed by atoms with Gasteiger partial charge >= 0.3 is 19.8 Å². The van der Waals surface area contributed by atoms with Gasteiger partial charge in [-0.3, -0.25) is 18.6 Å². The Balaban J connectivity index is 4.18. The fraction of sp³-hybridized carbons (Fsp3) is 0.900. The van der Waals surface area contributed by atoms with Gasteiger partial charge in [0.1, 0.15) is 12.1 Å². The minimum Gasteiger partial charge on any atom is -0.480 e. The van der Waals surface area contributed by atoms with Gasteiger partial charge < -0.3 is 25.2 Å². The average Bonchev–Trinajstić information content (AvgIpc) is 3.10. The van der Waals surface area contributed by atoms with Crippen molar-refractivity contribution in [3.8, 4) is 0 Å². The number of unbranched alkanes of at least 4 members (excludes halogenated alkanes) is 24. The number of hydrogen-bond acceptors (Lipinski definition) is 8. The second kappa shape index (κ2) is 37.0. The topological polar surface area (TPSA) is 155 Å². The van der Waals surface area contributed by atoms with Gasteiger partial charge in [-0.15, -0.1) is 0 Å². The maximum Gasteiger partial charge on any atom is 0.472 e. The van der Waals surface area contributed by atoms with Crippen LogP contribution in [-0.2, 0) is 32.7 Å². The molecule has 0 saturated heterocycles. The summed E-state index contributed by atoms with van der Waals surface area (Å²) in [5.41, 5.74) is 5.34. The van der Waals surface area contributed by atoms with Gasteiger partial charge in [-0.2, -0.15) is 0 Å². The second-order valence-electron chi connectivity index (χ2n) is 14.1. The molecule has 0 aliphatic rings. The average molecular weight is 748 g/mol. The molecule has 3 atom stereocenters. The van der Waals surface area contributed by atoms with Crippen molar-refractivity contribution in [2.45, 2.75) is 206 Å². The molecule has 0 aromatic rings. The van der Waals surface area contributed by atoms with Gasteiger partial charge in [0.2, 0.25) is 0 Å². The molecule has 0 aromatic carbocycles. The van der Waals surface area contributed by atoms with Crippen molar-refractivity contribution in [1.82, 2.24) is 0 Å². The number of carboxylic acids is 1. The summed E-state index contributed by atoms with van der Waals surface area (Å²) < 4.78 is 33.3. The van der Waals surface area contributed by atoms with Crippen LogP contribution in [0, 0.1) is 0 Å². The van der Waals surface area contributed by atoms with Crippen LogP contribution in [0.1, 0.15) is 194 Å². The minimum atomic E-state index is -4.61. The van der Waals surface area contributed by atoms with E-state index in [9.17, 15) is 19.0 Å². The molecular weight excluding hydrogens is 669 g/mol. The third-order valence-electron chi connectivity index (χ3n) is 9.04. The highest BCUT2D eigenvalue weighted by Crippen LogP contribution is 2.43. The normalized spacial score (nSPS) is 14.1. The number of allylic oxidation sites excluding steroid dienone is 2. The van der Waals surface area contributed by atoms with Crippen LogP contribution < -0.4 is 5.73 Å². The summed E-state index contributed by atoms with van der Waals surface area (Å²) in [6, 6.07) is -1.47. The largest absolute Gasteiger partial charge is 0.480 e. The first-order valence-corrected chi connectivity index (χ1v) is 22.2. The number of carboxylic acid groups (broad SMARTS) is 1. The first-order valence-electron chi connectivity index (χ1n) is 20.7. The van der Waals surface area contributed by atoms with Crippen LogP contribution in [0.5, 0.6) is 0 Å². The van der Waals surface area contributed by atoms with E-state index in [0.717, 1.165) is 57.8 Å². The lowest BCUT2D eigenvalue weighted by Crippen LogP contribution is -2.34. The fourth-order valence-corrected chi connectivity index (χ4v) is 6.54. The molecule has 0 spiro atoms. The van der Waals surface area contributed by atoms with Crippen LogP contribution in [-0.4, -0.2) is 60.5 Å². The molecule has 0 heterocycles. The first kappa shape index (κ1) is 49.7. The number of aliphatic carboxylic acids is 1. The molecule has 3 unspecified atom stereocenters. The van der Waals surface area contributed by atoms with Gasteiger partial charge in [-0.1, -0.05) is 167 Å². The molecule has 51 heavy (non-hydrogen) atoms. The van der Waals surface area contributed by atoms with Gasteiger partial charge in [-0.05, 0) is 32.1 Å². The van der Waals surface area contributed by atoms with Crippen molar-refractivity contribution < 1.29 is 42.7 Å². The predicted octanol–water partition coefficient (Wildman–Crippen LogP) is 11.0. The van der Waals surface area contributed by atoms with Gasteiger partial charge in [0, 0.05) is 13.0 Å². The number of phosphoric ester groups is 1. The van der Waals surface area contributed by atoms with E-state index in [0.29, 0.717) is 13.0 Å². The van der Waals surface area contributed by atoms with Crippen LogP contribution in [0.2, 0.25) is 0 Å². The van der Waals surface area contributed by atoms with E-state index in [1.807, 2.05) is 0 Å². The Bertz CT molecular complexity index is 873. The number of hydrogen-bond donors (Lipinski definition) is 3. The molecule has 10 nitrogen and oxygen atoms in total. The predicted molar refractivity (Wildman–Crippen MR) is 208 cm³/mol.